The van der Waals surface area contributed by atoms with Crippen LogP contribution in [0.2, 0.25) is 0 Å². The molecule has 0 radical (unpaired) electrons. The standard InChI is InChI=1S/C18H20N2O3/c1-12(2)20(11-17(21)22)18(23)15-8-6-7-14(13(15)3)16-9-4-5-10-19-16/h4-10,12H,11H2,1-3H3,(H,21,22). The van der Waals surface area contributed by atoms with Gasteiger partial charge in [0.25, 0.3) is 5.91 Å². The SMILES string of the molecule is Cc1c(C(=O)N(CC(=O)O)C(C)C)cccc1-c1ccccn1. The lowest BCUT2D eigenvalue weighted by Crippen LogP contribution is -2.41. The van der Waals surface area contributed by atoms with Crippen LogP contribution in [0.15, 0.2) is 42.6 Å². The molecule has 0 saturated carbocycles. The molecule has 0 unspecified atom stereocenters. The van der Waals surface area contributed by atoms with Gasteiger partial charge in [-0.05, 0) is 44.5 Å². The number of nitrogens with zero attached hydrogens (tertiary/aromatic N) is 2. The third-order valence-electron chi connectivity index (χ3n) is 3.69. The smallest absolute Gasteiger partial charge is 0.323 e. The molecule has 1 heterocycles. The Kier molecular flexibility index (Phi) is 5.11. The van der Waals surface area contributed by atoms with Crippen molar-refractivity contribution in [3.63, 3.8) is 0 Å². The highest BCUT2D eigenvalue weighted by molar-refractivity contribution is 5.98. The van der Waals surface area contributed by atoms with E-state index in [1.807, 2.05) is 31.2 Å². The molecule has 1 N–H and O–H groups in total. The molecule has 0 spiro atoms. The molecule has 0 aliphatic heterocycles. The van der Waals surface area contributed by atoms with Gasteiger partial charge in [0.1, 0.15) is 6.54 Å². The second-order valence-corrected chi connectivity index (χ2v) is 5.61. The van der Waals surface area contributed by atoms with E-state index in [2.05, 4.69) is 4.98 Å². The third kappa shape index (κ3) is 3.74. The summed E-state index contributed by atoms with van der Waals surface area (Å²) >= 11 is 0. The Morgan fingerprint density at radius 2 is 1.91 bits per heavy atom. The molecule has 120 valence electrons. The molecule has 2 rings (SSSR count). The summed E-state index contributed by atoms with van der Waals surface area (Å²) in [5.41, 5.74) is 2.96. The molecule has 0 atom stereocenters. The van der Waals surface area contributed by atoms with Gasteiger partial charge >= 0.3 is 5.97 Å². The van der Waals surface area contributed by atoms with Crippen molar-refractivity contribution in [2.24, 2.45) is 0 Å². The summed E-state index contributed by atoms with van der Waals surface area (Å²) < 4.78 is 0. The van der Waals surface area contributed by atoms with Gasteiger partial charge in [-0.25, -0.2) is 0 Å². The first-order chi connectivity index (χ1) is 10.9. The normalized spacial score (nSPS) is 10.6. The van der Waals surface area contributed by atoms with Crippen LogP contribution in [-0.2, 0) is 4.79 Å². The van der Waals surface area contributed by atoms with E-state index in [4.69, 9.17) is 5.11 Å². The topological polar surface area (TPSA) is 70.5 Å². The number of rotatable bonds is 5. The fourth-order valence-electron chi connectivity index (χ4n) is 2.46. The quantitative estimate of drug-likeness (QED) is 0.921. The highest BCUT2D eigenvalue weighted by Gasteiger charge is 2.23. The van der Waals surface area contributed by atoms with E-state index >= 15 is 0 Å². The zero-order chi connectivity index (χ0) is 17.0. The van der Waals surface area contributed by atoms with Crippen molar-refractivity contribution in [2.45, 2.75) is 26.8 Å². The van der Waals surface area contributed by atoms with Crippen LogP contribution in [0.25, 0.3) is 11.3 Å². The Hall–Kier alpha value is -2.69. The zero-order valence-corrected chi connectivity index (χ0v) is 13.5. The summed E-state index contributed by atoms with van der Waals surface area (Å²) in [5, 5.41) is 9.03. The van der Waals surface area contributed by atoms with Gasteiger partial charge in [0.05, 0.1) is 5.69 Å². The van der Waals surface area contributed by atoms with E-state index in [0.29, 0.717) is 5.56 Å². The molecular weight excluding hydrogens is 292 g/mol. The van der Waals surface area contributed by atoms with E-state index in [9.17, 15) is 9.59 Å². The fraction of sp³-hybridized carbons (Fsp3) is 0.278. The molecule has 0 fully saturated rings. The van der Waals surface area contributed by atoms with Crippen LogP contribution < -0.4 is 0 Å². The number of aliphatic carboxylic acids is 1. The predicted octanol–water partition coefficient (Wildman–Crippen LogP) is 2.99. The summed E-state index contributed by atoms with van der Waals surface area (Å²) in [6.45, 7) is 5.15. The number of carboxylic acids is 1. The van der Waals surface area contributed by atoms with Crippen LogP contribution >= 0.6 is 0 Å². The number of amides is 1. The monoisotopic (exact) mass is 312 g/mol. The van der Waals surface area contributed by atoms with Gasteiger partial charge in [0, 0.05) is 23.4 Å². The van der Waals surface area contributed by atoms with Crippen molar-refractivity contribution in [3.05, 3.63) is 53.7 Å². The lowest BCUT2D eigenvalue weighted by Gasteiger charge is -2.26. The average Bonchev–Trinajstić information content (AvgIpc) is 2.52. The van der Waals surface area contributed by atoms with Crippen LogP contribution in [0.5, 0.6) is 0 Å². The summed E-state index contributed by atoms with van der Waals surface area (Å²) in [5.74, 6) is -1.30. The Morgan fingerprint density at radius 1 is 1.17 bits per heavy atom. The minimum absolute atomic E-state index is 0.198. The van der Waals surface area contributed by atoms with Crippen molar-refractivity contribution in [3.8, 4) is 11.3 Å². The van der Waals surface area contributed by atoms with Gasteiger partial charge in [-0.3, -0.25) is 14.6 Å². The van der Waals surface area contributed by atoms with Gasteiger partial charge in [0.2, 0.25) is 0 Å². The van der Waals surface area contributed by atoms with Crippen LogP contribution in [0.1, 0.15) is 29.8 Å². The summed E-state index contributed by atoms with van der Waals surface area (Å²) in [6, 6.07) is 10.8. The maximum absolute atomic E-state index is 12.8. The highest BCUT2D eigenvalue weighted by Crippen LogP contribution is 2.25. The zero-order valence-electron chi connectivity index (χ0n) is 13.5. The van der Waals surface area contributed by atoms with Gasteiger partial charge in [-0.1, -0.05) is 18.2 Å². The molecule has 0 aliphatic rings. The van der Waals surface area contributed by atoms with Crippen molar-refractivity contribution < 1.29 is 14.7 Å². The number of hydrogen-bond acceptors (Lipinski definition) is 3. The number of hydrogen-bond donors (Lipinski definition) is 1. The molecule has 5 heteroatoms. The van der Waals surface area contributed by atoms with Gasteiger partial charge in [-0.15, -0.1) is 0 Å². The van der Waals surface area contributed by atoms with E-state index < -0.39 is 5.97 Å². The van der Waals surface area contributed by atoms with Crippen LogP contribution in [0, 0.1) is 6.92 Å². The molecular formula is C18H20N2O3. The number of carbonyl (C=O) groups excluding carboxylic acids is 1. The average molecular weight is 312 g/mol. The molecule has 1 aromatic carbocycles. The Labute approximate surface area is 135 Å². The first-order valence-corrected chi connectivity index (χ1v) is 7.45. The predicted molar refractivity (Wildman–Crippen MR) is 88.2 cm³/mol. The maximum Gasteiger partial charge on any atom is 0.323 e. The first kappa shape index (κ1) is 16.7. The number of carbonyl (C=O) groups is 2. The number of pyridine rings is 1. The lowest BCUT2D eigenvalue weighted by atomic mass is 9.98. The van der Waals surface area contributed by atoms with Crippen molar-refractivity contribution in [1.82, 2.24) is 9.88 Å². The first-order valence-electron chi connectivity index (χ1n) is 7.45. The van der Waals surface area contributed by atoms with Crippen molar-refractivity contribution in [2.75, 3.05) is 6.54 Å². The molecule has 1 aromatic heterocycles. The second kappa shape index (κ2) is 7.05. The molecule has 5 nitrogen and oxygen atoms in total. The van der Waals surface area contributed by atoms with Crippen LogP contribution in [-0.4, -0.2) is 39.5 Å². The molecule has 0 saturated heterocycles. The van der Waals surface area contributed by atoms with E-state index in [0.717, 1.165) is 16.8 Å². The summed E-state index contributed by atoms with van der Waals surface area (Å²) in [4.78, 5) is 29.5. The second-order valence-electron chi connectivity index (χ2n) is 5.61. The van der Waals surface area contributed by atoms with E-state index in [-0.39, 0.29) is 18.5 Å². The van der Waals surface area contributed by atoms with Gasteiger partial charge in [-0.2, -0.15) is 0 Å². The van der Waals surface area contributed by atoms with E-state index in [1.165, 1.54) is 4.90 Å². The highest BCUT2D eigenvalue weighted by atomic mass is 16.4. The minimum atomic E-state index is -1.02. The molecule has 2 aromatic rings. The number of benzene rings is 1. The van der Waals surface area contributed by atoms with Crippen molar-refractivity contribution >= 4 is 11.9 Å². The molecule has 0 aliphatic carbocycles. The minimum Gasteiger partial charge on any atom is -0.480 e. The van der Waals surface area contributed by atoms with E-state index in [1.54, 1.807) is 32.2 Å². The maximum atomic E-state index is 12.8. The van der Waals surface area contributed by atoms with Crippen LogP contribution in [0.3, 0.4) is 0 Å². The molecule has 0 bridgehead atoms. The number of aromatic nitrogens is 1. The van der Waals surface area contributed by atoms with Gasteiger partial charge in [0.15, 0.2) is 0 Å². The summed E-state index contributed by atoms with van der Waals surface area (Å²) in [6.07, 6.45) is 1.70. The molecule has 23 heavy (non-hydrogen) atoms. The molecule has 1 amide bonds. The van der Waals surface area contributed by atoms with Gasteiger partial charge < -0.3 is 10.0 Å². The summed E-state index contributed by atoms with van der Waals surface area (Å²) in [7, 11) is 0. The van der Waals surface area contributed by atoms with Crippen molar-refractivity contribution in [1.29, 1.82) is 0 Å². The fourth-order valence-corrected chi connectivity index (χ4v) is 2.46. The third-order valence-corrected chi connectivity index (χ3v) is 3.69. The van der Waals surface area contributed by atoms with Crippen LogP contribution in [0.4, 0.5) is 0 Å². The Bertz CT molecular complexity index is 711. The lowest BCUT2D eigenvalue weighted by molar-refractivity contribution is -0.138. The Morgan fingerprint density at radius 3 is 2.48 bits per heavy atom. The Balaban J connectivity index is 2.43. The number of carboxylic acid groups (broad SMARTS) is 1. The largest absolute Gasteiger partial charge is 0.480 e.